The van der Waals surface area contributed by atoms with E-state index in [1.54, 1.807) is 32.2 Å². The van der Waals surface area contributed by atoms with E-state index in [9.17, 15) is 27.6 Å². The van der Waals surface area contributed by atoms with E-state index in [-0.39, 0.29) is 50.8 Å². The van der Waals surface area contributed by atoms with E-state index in [2.05, 4.69) is 20.9 Å². The Morgan fingerprint density at radius 1 is 1.07 bits per heavy atom. The van der Waals surface area contributed by atoms with Crippen molar-refractivity contribution in [2.24, 2.45) is 11.7 Å². The maximum absolute atomic E-state index is 13.6. The first-order chi connectivity index (χ1) is 20.3. The zero-order valence-corrected chi connectivity index (χ0v) is 23.7. The highest BCUT2D eigenvalue weighted by atomic mass is 32.2. The third-order valence-electron chi connectivity index (χ3n) is 6.75. The molecule has 0 bridgehead atoms. The highest BCUT2D eigenvalue weighted by Gasteiger charge is 2.33. The van der Waals surface area contributed by atoms with Crippen molar-refractivity contribution in [3.63, 3.8) is 0 Å². The van der Waals surface area contributed by atoms with Crippen molar-refractivity contribution in [1.29, 1.82) is 5.41 Å². The number of halogens is 3. The smallest absolute Gasteiger partial charge is 0.384 e. The van der Waals surface area contributed by atoms with E-state index in [0.717, 1.165) is 36.7 Å². The number of thioether (sulfide) groups is 1. The summed E-state index contributed by atoms with van der Waals surface area (Å²) >= 11 is 1.05. The topological polar surface area (TPSA) is 155 Å². The largest absolute Gasteiger partial charge is 0.416 e. The second-order valence-electron chi connectivity index (χ2n) is 10.2. The van der Waals surface area contributed by atoms with Gasteiger partial charge in [-0.05, 0) is 68.0 Å². The van der Waals surface area contributed by atoms with E-state index in [1.165, 1.54) is 28.4 Å². The van der Waals surface area contributed by atoms with Gasteiger partial charge in [-0.15, -0.1) is 0 Å². The van der Waals surface area contributed by atoms with Crippen LogP contribution in [-0.2, 0) is 15.8 Å². The second kappa shape index (κ2) is 11.4. The van der Waals surface area contributed by atoms with Crippen LogP contribution in [0.15, 0.2) is 70.6 Å². The molecule has 1 saturated carbocycles. The molecule has 2 aliphatic rings. The summed E-state index contributed by atoms with van der Waals surface area (Å²) in [7, 11) is 0. The maximum Gasteiger partial charge on any atom is 0.416 e. The molecule has 2 aromatic carbocycles. The van der Waals surface area contributed by atoms with E-state index in [4.69, 9.17) is 11.1 Å². The van der Waals surface area contributed by atoms with E-state index in [0.29, 0.717) is 16.9 Å². The fourth-order valence-electron chi connectivity index (χ4n) is 4.21. The predicted octanol–water partition coefficient (Wildman–Crippen LogP) is 5.00. The minimum Gasteiger partial charge on any atom is -0.384 e. The zero-order valence-electron chi connectivity index (χ0n) is 22.9. The van der Waals surface area contributed by atoms with Crippen molar-refractivity contribution in [2.75, 3.05) is 10.6 Å². The van der Waals surface area contributed by atoms with Crippen molar-refractivity contribution >= 4 is 46.6 Å². The molecule has 2 heterocycles. The van der Waals surface area contributed by atoms with Crippen LogP contribution in [0.4, 0.5) is 24.5 Å². The summed E-state index contributed by atoms with van der Waals surface area (Å²) < 4.78 is 42.3. The Morgan fingerprint density at radius 3 is 2.47 bits per heavy atom. The van der Waals surface area contributed by atoms with Gasteiger partial charge in [-0.2, -0.15) is 13.2 Å². The number of nitrogens with two attached hydrogens (primary N) is 1. The third kappa shape index (κ3) is 6.64. The van der Waals surface area contributed by atoms with Crippen LogP contribution in [0, 0.1) is 25.2 Å². The average Bonchev–Trinajstić information content (AvgIpc) is 3.60. The number of carbonyl (C=O) groups excluding carboxylic acids is 3. The Hall–Kier alpha value is -4.85. The van der Waals surface area contributed by atoms with E-state index >= 15 is 0 Å². The first-order valence-electron chi connectivity index (χ1n) is 13.0. The molecule has 6 N–H and O–H groups in total. The highest BCUT2D eigenvalue weighted by Crippen LogP contribution is 2.35. The number of benzene rings is 2. The highest BCUT2D eigenvalue weighted by molar-refractivity contribution is 8.07. The number of hydrogen-bond donors (Lipinski definition) is 5. The van der Waals surface area contributed by atoms with Gasteiger partial charge < -0.3 is 26.3 Å². The number of aryl methyl sites for hydroxylation is 2. The van der Waals surface area contributed by atoms with Gasteiger partial charge in [0.15, 0.2) is 0 Å². The number of nitrogens with one attached hydrogen (secondary N) is 4. The third-order valence-corrected chi connectivity index (χ3v) is 7.76. The molecule has 0 saturated heterocycles. The maximum atomic E-state index is 13.6. The first kappa shape index (κ1) is 29.6. The Bertz CT molecular complexity index is 1740. The number of nitrogens with zero attached hydrogens (tertiary/aromatic N) is 2. The van der Waals surface area contributed by atoms with E-state index in [1.807, 2.05) is 0 Å². The van der Waals surface area contributed by atoms with Crippen LogP contribution in [0.25, 0.3) is 5.69 Å². The molecule has 0 unspecified atom stereocenters. The Labute approximate surface area is 248 Å². The number of amides is 3. The lowest BCUT2D eigenvalue weighted by Gasteiger charge is -2.14. The molecule has 0 radical (unpaired) electrons. The van der Waals surface area contributed by atoms with Crippen molar-refractivity contribution < 1.29 is 27.6 Å². The minimum absolute atomic E-state index is 0.00719. The van der Waals surface area contributed by atoms with Crippen LogP contribution in [0.2, 0.25) is 0 Å². The van der Waals surface area contributed by atoms with Gasteiger partial charge in [-0.3, -0.25) is 19.8 Å². The van der Waals surface area contributed by atoms with Crippen molar-refractivity contribution in [1.82, 2.24) is 14.9 Å². The summed E-state index contributed by atoms with van der Waals surface area (Å²) in [4.78, 5) is 42.5. The number of alkyl halides is 3. The number of carbonyl (C=O) groups is 3. The Balaban J connectivity index is 1.32. The molecule has 5 rings (SSSR count). The van der Waals surface area contributed by atoms with Gasteiger partial charge in [0.2, 0.25) is 5.91 Å². The number of imidazole rings is 1. The lowest BCUT2D eigenvalue weighted by atomic mass is 10.1. The molecule has 0 spiro atoms. The molecule has 0 atom stereocenters. The molecule has 3 aromatic rings. The molecule has 10 nitrogen and oxygen atoms in total. The molecular weight excluding hydrogens is 583 g/mol. The summed E-state index contributed by atoms with van der Waals surface area (Å²) in [5.74, 6) is -1.70. The molecular formula is C29H26F3N7O3S. The first-order valence-corrected chi connectivity index (χ1v) is 13.9. The van der Waals surface area contributed by atoms with Gasteiger partial charge in [0, 0.05) is 34.7 Å². The number of hydrogen-bond acceptors (Lipinski definition) is 7. The van der Waals surface area contributed by atoms with Crippen LogP contribution >= 0.6 is 11.8 Å². The standard InChI is InChI=1S/C29H26F3N7O3S/c1-14-3-6-19(36-27(41)17-7-18(29(30,31)32)9-20(8-17)39-11-15(2)35-13-39)10-22(14)37-28(42)21-12-43-24(23(21)33)25(34)38-26(40)16-4-5-16/h3,6-13,16,33H,4-5,34H2,1-2H3,(H,36,41)(H,37,42)(H,38,40)/b25-24-,33-23?. The molecule has 1 aromatic heterocycles. The van der Waals surface area contributed by atoms with Gasteiger partial charge in [0.1, 0.15) is 5.82 Å². The van der Waals surface area contributed by atoms with Crippen LogP contribution in [-0.4, -0.2) is 33.0 Å². The lowest BCUT2D eigenvalue weighted by Crippen LogP contribution is -2.31. The normalized spacial score (nSPS) is 16.0. The van der Waals surface area contributed by atoms with Crippen LogP contribution in [0.3, 0.4) is 0 Å². The summed E-state index contributed by atoms with van der Waals surface area (Å²) in [6.07, 6.45) is -0.213. The second-order valence-corrected chi connectivity index (χ2v) is 11.0. The summed E-state index contributed by atoms with van der Waals surface area (Å²) in [5, 5.41) is 17.7. The predicted molar refractivity (Wildman–Crippen MR) is 157 cm³/mol. The summed E-state index contributed by atoms with van der Waals surface area (Å²) in [5.41, 5.74) is 6.52. The fourth-order valence-corrected chi connectivity index (χ4v) is 5.07. The monoisotopic (exact) mass is 609 g/mol. The number of rotatable bonds is 7. The molecule has 1 aliphatic carbocycles. The SMILES string of the molecule is Cc1cn(-c2cc(C(=O)Nc3ccc(C)c(NC(=O)C4=CS/C(=C(/N)NC(=O)C5CC5)C4=N)c3)cc(C(F)(F)F)c2)cn1. The molecule has 222 valence electrons. The minimum atomic E-state index is -4.69. The van der Waals surface area contributed by atoms with Gasteiger partial charge in [0.05, 0.1) is 33.8 Å². The Morgan fingerprint density at radius 2 is 1.81 bits per heavy atom. The molecule has 1 aliphatic heterocycles. The average molecular weight is 610 g/mol. The number of aromatic nitrogens is 2. The summed E-state index contributed by atoms with van der Waals surface area (Å²) in [6, 6.07) is 7.65. The molecule has 3 amide bonds. The van der Waals surface area contributed by atoms with Crippen molar-refractivity contribution in [3.8, 4) is 5.69 Å². The van der Waals surface area contributed by atoms with E-state index < -0.39 is 23.6 Å². The van der Waals surface area contributed by atoms with Crippen LogP contribution < -0.4 is 21.7 Å². The number of allylic oxidation sites excluding steroid dienone is 1. The van der Waals surface area contributed by atoms with Crippen molar-refractivity contribution in [3.05, 3.63) is 93.0 Å². The van der Waals surface area contributed by atoms with Gasteiger partial charge in [-0.25, -0.2) is 4.98 Å². The van der Waals surface area contributed by atoms with Crippen LogP contribution in [0.5, 0.6) is 0 Å². The quantitative estimate of drug-likeness (QED) is 0.254. The van der Waals surface area contributed by atoms with Gasteiger partial charge in [0.25, 0.3) is 11.8 Å². The van der Waals surface area contributed by atoms with Gasteiger partial charge in [-0.1, -0.05) is 17.8 Å². The molecule has 1 fully saturated rings. The zero-order chi connectivity index (χ0) is 31.1. The molecule has 14 heteroatoms. The van der Waals surface area contributed by atoms with Crippen LogP contribution in [0.1, 0.15) is 40.0 Å². The summed E-state index contributed by atoms with van der Waals surface area (Å²) in [6.45, 7) is 3.41. The lowest BCUT2D eigenvalue weighted by molar-refractivity contribution is -0.137. The Kier molecular flexibility index (Phi) is 7.88. The van der Waals surface area contributed by atoms with Crippen molar-refractivity contribution in [2.45, 2.75) is 32.9 Å². The number of anilines is 2. The van der Waals surface area contributed by atoms with Gasteiger partial charge >= 0.3 is 6.18 Å². The fraction of sp³-hybridized carbons (Fsp3) is 0.207. The molecule has 43 heavy (non-hydrogen) atoms.